The molecule has 5 rings (SSSR count). The molecule has 3 N–H and O–H groups in total. The maximum absolute atomic E-state index is 10.9. The second kappa shape index (κ2) is 9.71. The van der Waals surface area contributed by atoms with Crippen LogP contribution in [0.3, 0.4) is 0 Å². The Hall–Kier alpha value is -4.36. The SMILES string of the molecule is Cn1ccnc1-c1ccc(N=C(c2ccc(CCC(=O)O)cc2)c2c(O)[nH]c3cc(Cl)ccc23)cc1. The molecule has 36 heavy (non-hydrogen) atoms. The number of aliphatic carboxylic acids is 1. The number of hydrogen-bond donors (Lipinski definition) is 3. The van der Waals surface area contributed by atoms with Crippen LogP contribution >= 0.6 is 11.6 Å². The van der Waals surface area contributed by atoms with E-state index in [9.17, 15) is 9.90 Å². The van der Waals surface area contributed by atoms with Crippen LogP contribution in [-0.2, 0) is 18.3 Å². The van der Waals surface area contributed by atoms with Crippen LogP contribution in [0.25, 0.3) is 22.3 Å². The molecule has 0 radical (unpaired) electrons. The predicted molar refractivity (Wildman–Crippen MR) is 141 cm³/mol. The number of aryl methyl sites for hydroxylation is 2. The number of carbonyl (C=O) groups is 1. The highest BCUT2D eigenvalue weighted by molar-refractivity contribution is 6.31. The lowest BCUT2D eigenvalue weighted by molar-refractivity contribution is -0.136. The van der Waals surface area contributed by atoms with Crippen LogP contribution in [0.15, 0.2) is 84.1 Å². The summed E-state index contributed by atoms with van der Waals surface area (Å²) in [7, 11) is 1.94. The zero-order valence-corrected chi connectivity index (χ0v) is 20.2. The third-order valence-electron chi connectivity index (χ3n) is 6.02. The number of carboxylic acids is 1. The van der Waals surface area contributed by atoms with Gasteiger partial charge in [-0.25, -0.2) is 9.98 Å². The van der Waals surface area contributed by atoms with Gasteiger partial charge in [0.15, 0.2) is 5.88 Å². The Morgan fingerprint density at radius 2 is 1.83 bits per heavy atom. The van der Waals surface area contributed by atoms with E-state index in [1.165, 1.54) is 0 Å². The molecule has 0 unspecified atom stereocenters. The Morgan fingerprint density at radius 1 is 1.08 bits per heavy atom. The summed E-state index contributed by atoms with van der Waals surface area (Å²) in [6, 6.07) is 20.7. The minimum atomic E-state index is -0.835. The molecule has 3 aromatic carbocycles. The highest BCUT2D eigenvalue weighted by atomic mass is 35.5. The summed E-state index contributed by atoms with van der Waals surface area (Å²) in [6.45, 7) is 0. The topological polar surface area (TPSA) is 104 Å². The van der Waals surface area contributed by atoms with E-state index >= 15 is 0 Å². The second-order valence-electron chi connectivity index (χ2n) is 8.50. The molecule has 8 heteroatoms. The van der Waals surface area contributed by atoms with Gasteiger partial charge in [0.1, 0.15) is 5.82 Å². The van der Waals surface area contributed by atoms with Crippen molar-refractivity contribution in [2.45, 2.75) is 12.8 Å². The van der Waals surface area contributed by atoms with Crippen LogP contribution in [0, 0.1) is 0 Å². The summed E-state index contributed by atoms with van der Waals surface area (Å²) in [5.74, 6) is 0.0112. The molecule has 0 aliphatic heterocycles. The van der Waals surface area contributed by atoms with Gasteiger partial charge < -0.3 is 19.8 Å². The number of nitrogens with zero attached hydrogens (tertiary/aromatic N) is 3. The van der Waals surface area contributed by atoms with Crippen LogP contribution in [0.2, 0.25) is 5.02 Å². The Labute approximate surface area is 212 Å². The van der Waals surface area contributed by atoms with Gasteiger partial charge in [0.2, 0.25) is 0 Å². The normalized spacial score (nSPS) is 11.8. The Kier molecular flexibility index (Phi) is 6.31. The van der Waals surface area contributed by atoms with Gasteiger partial charge in [-0.1, -0.05) is 41.9 Å². The van der Waals surface area contributed by atoms with E-state index in [4.69, 9.17) is 21.7 Å². The van der Waals surface area contributed by atoms with Gasteiger partial charge in [0, 0.05) is 47.4 Å². The second-order valence-corrected chi connectivity index (χ2v) is 8.93. The van der Waals surface area contributed by atoms with Crippen LogP contribution in [-0.4, -0.2) is 36.4 Å². The average Bonchev–Trinajstić information content (AvgIpc) is 3.43. The quantitative estimate of drug-likeness (QED) is 0.235. The number of aliphatic imine (C=N–C) groups is 1. The third kappa shape index (κ3) is 4.74. The number of hydrogen-bond acceptors (Lipinski definition) is 4. The fourth-order valence-corrected chi connectivity index (χ4v) is 4.37. The van der Waals surface area contributed by atoms with Gasteiger partial charge >= 0.3 is 5.97 Å². The van der Waals surface area contributed by atoms with Crippen LogP contribution in [0.5, 0.6) is 5.88 Å². The molecule has 0 bridgehead atoms. The standard InChI is InChI=1S/C28H23ClN4O3/c1-33-15-14-30-27(33)19-7-10-21(11-8-19)31-26(18-5-2-17(3-6-18)4-13-24(34)35)25-22-12-9-20(29)16-23(22)32-28(25)36/h2-3,5-12,14-16,32,36H,4,13H2,1H3,(H,34,35). The zero-order valence-electron chi connectivity index (χ0n) is 19.4. The minimum absolute atomic E-state index is 0.00870. The van der Waals surface area contributed by atoms with Gasteiger partial charge in [-0.15, -0.1) is 0 Å². The van der Waals surface area contributed by atoms with Crippen molar-refractivity contribution in [2.75, 3.05) is 0 Å². The van der Waals surface area contributed by atoms with Crippen molar-refractivity contribution in [3.8, 4) is 17.3 Å². The number of fused-ring (bicyclic) bond motifs is 1. The van der Waals surface area contributed by atoms with Crippen molar-refractivity contribution in [1.82, 2.24) is 14.5 Å². The summed E-state index contributed by atoms with van der Waals surface area (Å²) in [5.41, 5.74) is 5.22. The van der Waals surface area contributed by atoms with E-state index in [1.54, 1.807) is 18.3 Å². The summed E-state index contributed by atoms with van der Waals surface area (Å²) in [5, 5.41) is 21.2. The summed E-state index contributed by atoms with van der Waals surface area (Å²) < 4.78 is 1.95. The molecule has 5 aromatic rings. The van der Waals surface area contributed by atoms with Crippen LogP contribution < -0.4 is 0 Å². The van der Waals surface area contributed by atoms with Crippen molar-refractivity contribution in [3.05, 3.63) is 101 Å². The molecular formula is C28H23ClN4O3. The first-order valence-corrected chi connectivity index (χ1v) is 11.7. The Morgan fingerprint density at radius 3 is 2.50 bits per heavy atom. The number of nitrogens with one attached hydrogen (secondary N) is 1. The molecule has 0 saturated heterocycles. The van der Waals surface area contributed by atoms with E-state index in [2.05, 4.69) is 9.97 Å². The van der Waals surface area contributed by atoms with E-state index in [0.29, 0.717) is 33.9 Å². The maximum atomic E-state index is 10.9. The number of aromatic nitrogens is 3. The van der Waals surface area contributed by atoms with Gasteiger partial charge in [0.05, 0.1) is 22.5 Å². The van der Waals surface area contributed by atoms with Crippen molar-refractivity contribution in [3.63, 3.8) is 0 Å². The van der Waals surface area contributed by atoms with Crippen molar-refractivity contribution < 1.29 is 15.0 Å². The number of imidazole rings is 1. The molecular weight excluding hydrogens is 476 g/mol. The van der Waals surface area contributed by atoms with E-state index in [-0.39, 0.29) is 12.3 Å². The smallest absolute Gasteiger partial charge is 0.303 e. The fraction of sp³-hybridized carbons (Fsp3) is 0.107. The number of benzene rings is 3. The third-order valence-corrected chi connectivity index (χ3v) is 6.26. The fourth-order valence-electron chi connectivity index (χ4n) is 4.20. The molecule has 0 amide bonds. The highest BCUT2D eigenvalue weighted by Crippen LogP contribution is 2.33. The Bertz CT molecular complexity index is 1580. The van der Waals surface area contributed by atoms with Gasteiger partial charge in [-0.05, 0) is 48.4 Å². The first-order chi connectivity index (χ1) is 17.4. The summed E-state index contributed by atoms with van der Waals surface area (Å²) in [6.07, 6.45) is 4.15. The number of aromatic amines is 1. The van der Waals surface area contributed by atoms with E-state index < -0.39 is 5.97 Å². The van der Waals surface area contributed by atoms with Crippen LogP contribution in [0.1, 0.15) is 23.1 Å². The van der Waals surface area contributed by atoms with Gasteiger partial charge in [0.25, 0.3) is 0 Å². The molecule has 0 aliphatic rings. The maximum Gasteiger partial charge on any atom is 0.303 e. The van der Waals surface area contributed by atoms with Crippen LogP contribution in [0.4, 0.5) is 5.69 Å². The molecule has 0 saturated carbocycles. The molecule has 180 valence electrons. The average molecular weight is 499 g/mol. The lowest BCUT2D eigenvalue weighted by Gasteiger charge is -2.10. The molecule has 0 fully saturated rings. The first-order valence-electron chi connectivity index (χ1n) is 11.4. The molecule has 2 aromatic heterocycles. The molecule has 2 heterocycles. The van der Waals surface area contributed by atoms with Gasteiger partial charge in [-0.2, -0.15) is 0 Å². The van der Waals surface area contributed by atoms with Gasteiger partial charge in [-0.3, -0.25) is 4.79 Å². The first kappa shape index (κ1) is 23.4. The largest absolute Gasteiger partial charge is 0.494 e. The minimum Gasteiger partial charge on any atom is -0.494 e. The lowest BCUT2D eigenvalue weighted by Crippen LogP contribution is -2.04. The highest BCUT2D eigenvalue weighted by Gasteiger charge is 2.19. The summed E-state index contributed by atoms with van der Waals surface area (Å²) in [4.78, 5) is 23.3. The number of aromatic hydroxyl groups is 1. The summed E-state index contributed by atoms with van der Waals surface area (Å²) >= 11 is 6.16. The number of H-pyrrole nitrogens is 1. The number of rotatable bonds is 7. The zero-order chi connectivity index (χ0) is 25.2. The van der Waals surface area contributed by atoms with Crippen molar-refractivity contribution in [2.24, 2.45) is 12.0 Å². The predicted octanol–water partition coefficient (Wildman–Crippen LogP) is 6.11. The van der Waals surface area contributed by atoms with Crippen molar-refractivity contribution in [1.29, 1.82) is 0 Å². The van der Waals surface area contributed by atoms with E-state index in [0.717, 1.165) is 27.9 Å². The Balaban J connectivity index is 1.60. The van der Waals surface area contributed by atoms with E-state index in [1.807, 2.05) is 72.4 Å². The number of carboxylic acid groups (broad SMARTS) is 1. The molecule has 0 atom stereocenters. The number of halogens is 1. The lowest BCUT2D eigenvalue weighted by atomic mass is 9.98. The molecule has 0 aliphatic carbocycles. The molecule has 0 spiro atoms. The molecule has 7 nitrogen and oxygen atoms in total. The van der Waals surface area contributed by atoms with Crippen molar-refractivity contribution >= 4 is 39.9 Å². The monoisotopic (exact) mass is 498 g/mol.